The minimum absolute atomic E-state index is 0.374. The average molecular weight is 374 g/mol. The summed E-state index contributed by atoms with van der Waals surface area (Å²) in [5.74, 6) is 0.524. The van der Waals surface area contributed by atoms with E-state index in [0.29, 0.717) is 17.4 Å². The number of pyridine rings is 1. The number of benzene rings is 2. The lowest BCUT2D eigenvalue weighted by Crippen LogP contribution is -2.09. The molecule has 6 heteroatoms. The monoisotopic (exact) mass is 373 g/mol. The minimum Gasteiger partial charge on any atom is -0.482 e. The fourth-order valence-electron chi connectivity index (χ4n) is 2.00. The predicted molar refractivity (Wildman–Crippen MR) is 89.1 cm³/mol. The number of halogens is 1. The van der Waals surface area contributed by atoms with Crippen molar-refractivity contribution in [2.75, 3.05) is 6.61 Å². The summed E-state index contributed by atoms with van der Waals surface area (Å²) in [7, 11) is 0. The summed E-state index contributed by atoms with van der Waals surface area (Å²) < 4.78 is 11.7. The Balaban J connectivity index is 1.75. The normalized spacial score (nSPS) is 10.5. The molecule has 3 rings (SSSR count). The van der Waals surface area contributed by atoms with Gasteiger partial charge in [0.15, 0.2) is 6.61 Å². The van der Waals surface area contributed by atoms with Crippen LogP contribution in [0.3, 0.4) is 0 Å². The highest BCUT2D eigenvalue weighted by atomic mass is 79.9. The number of carboxylic acids is 1. The van der Waals surface area contributed by atoms with E-state index < -0.39 is 5.97 Å². The number of aromatic nitrogens is 1. The second-order valence-corrected chi connectivity index (χ2v) is 5.66. The molecule has 116 valence electrons. The van der Waals surface area contributed by atoms with E-state index in [1.807, 2.05) is 24.3 Å². The number of carboxylic acid groups (broad SMARTS) is 1. The van der Waals surface area contributed by atoms with Crippen molar-refractivity contribution in [2.45, 2.75) is 0 Å². The number of rotatable bonds is 5. The van der Waals surface area contributed by atoms with E-state index in [4.69, 9.17) is 14.6 Å². The highest BCUT2D eigenvalue weighted by Crippen LogP contribution is 2.25. The first-order chi connectivity index (χ1) is 11.1. The molecule has 1 N–H and O–H groups in total. The van der Waals surface area contributed by atoms with Crippen LogP contribution in [-0.2, 0) is 4.79 Å². The molecule has 0 saturated carbocycles. The molecule has 1 aromatic heterocycles. The lowest BCUT2D eigenvalue weighted by atomic mass is 10.2. The zero-order valence-electron chi connectivity index (χ0n) is 11.9. The van der Waals surface area contributed by atoms with Gasteiger partial charge in [-0.05, 0) is 42.5 Å². The fourth-order valence-corrected chi connectivity index (χ4v) is 2.35. The van der Waals surface area contributed by atoms with Gasteiger partial charge in [-0.25, -0.2) is 9.78 Å². The summed E-state index contributed by atoms with van der Waals surface area (Å²) in [6, 6.07) is 16.3. The molecule has 1 heterocycles. The first-order valence-electron chi connectivity index (χ1n) is 6.79. The fraction of sp³-hybridized carbons (Fsp3) is 0.0588. The Hall–Kier alpha value is -2.60. The molecule has 0 aliphatic heterocycles. The van der Waals surface area contributed by atoms with Crippen molar-refractivity contribution in [2.24, 2.45) is 0 Å². The van der Waals surface area contributed by atoms with Crippen molar-refractivity contribution in [3.63, 3.8) is 0 Å². The van der Waals surface area contributed by atoms with Gasteiger partial charge in [0, 0.05) is 15.9 Å². The van der Waals surface area contributed by atoms with Crippen molar-refractivity contribution in [1.29, 1.82) is 0 Å². The molecule has 0 atom stereocenters. The molecule has 0 radical (unpaired) electrons. The summed E-state index contributed by atoms with van der Waals surface area (Å²) >= 11 is 3.42. The summed E-state index contributed by atoms with van der Waals surface area (Å²) in [6.07, 6.45) is 0. The summed E-state index contributed by atoms with van der Waals surface area (Å²) in [5, 5.41) is 9.59. The SMILES string of the molecule is O=C(O)COc1ccc(Oc2ccc3ccc(Br)cc3n2)cc1. The Morgan fingerprint density at radius 1 is 1.04 bits per heavy atom. The first-order valence-corrected chi connectivity index (χ1v) is 7.58. The molecule has 5 nitrogen and oxygen atoms in total. The predicted octanol–water partition coefficient (Wildman–Crippen LogP) is 4.25. The van der Waals surface area contributed by atoms with Gasteiger partial charge in [0.2, 0.25) is 5.88 Å². The molecule has 0 bridgehead atoms. The molecule has 3 aromatic rings. The van der Waals surface area contributed by atoms with Gasteiger partial charge < -0.3 is 14.6 Å². The van der Waals surface area contributed by atoms with E-state index in [2.05, 4.69) is 20.9 Å². The van der Waals surface area contributed by atoms with Crippen molar-refractivity contribution in [1.82, 2.24) is 4.98 Å². The third kappa shape index (κ3) is 3.98. The minimum atomic E-state index is -1.02. The van der Waals surface area contributed by atoms with Crippen LogP contribution in [-0.4, -0.2) is 22.7 Å². The van der Waals surface area contributed by atoms with E-state index in [9.17, 15) is 4.79 Å². The number of aliphatic carboxylic acids is 1. The van der Waals surface area contributed by atoms with Crippen LogP contribution in [0.4, 0.5) is 0 Å². The van der Waals surface area contributed by atoms with Gasteiger partial charge in [0.05, 0.1) is 5.52 Å². The number of hydrogen-bond acceptors (Lipinski definition) is 4. The molecule has 0 amide bonds. The number of ether oxygens (including phenoxy) is 2. The molecule has 2 aromatic carbocycles. The van der Waals surface area contributed by atoms with Gasteiger partial charge in [0.25, 0.3) is 0 Å². The molecule has 0 spiro atoms. The van der Waals surface area contributed by atoms with Crippen molar-refractivity contribution >= 4 is 32.8 Å². The summed E-state index contributed by atoms with van der Waals surface area (Å²) in [5.41, 5.74) is 0.832. The van der Waals surface area contributed by atoms with Crippen molar-refractivity contribution in [3.05, 3.63) is 59.1 Å². The molecule has 0 unspecified atom stereocenters. The van der Waals surface area contributed by atoms with E-state index >= 15 is 0 Å². The van der Waals surface area contributed by atoms with Crippen molar-refractivity contribution < 1.29 is 19.4 Å². The quantitative estimate of drug-likeness (QED) is 0.723. The number of hydrogen-bond donors (Lipinski definition) is 1. The maximum absolute atomic E-state index is 10.5. The van der Waals surface area contributed by atoms with Crippen LogP contribution in [0.2, 0.25) is 0 Å². The second-order valence-electron chi connectivity index (χ2n) is 4.74. The number of nitrogens with zero attached hydrogens (tertiary/aromatic N) is 1. The van der Waals surface area contributed by atoms with E-state index in [1.54, 1.807) is 30.3 Å². The van der Waals surface area contributed by atoms with Gasteiger partial charge in [-0.15, -0.1) is 0 Å². The van der Waals surface area contributed by atoms with E-state index in [1.165, 1.54) is 0 Å². The second kappa shape index (κ2) is 6.66. The van der Waals surface area contributed by atoms with Crippen LogP contribution in [0.1, 0.15) is 0 Å². The highest BCUT2D eigenvalue weighted by molar-refractivity contribution is 9.10. The molecule has 0 aliphatic rings. The molecular formula is C17H12BrNO4. The van der Waals surface area contributed by atoms with Gasteiger partial charge >= 0.3 is 5.97 Å². The smallest absolute Gasteiger partial charge is 0.341 e. The molecular weight excluding hydrogens is 362 g/mol. The van der Waals surface area contributed by atoms with Crippen LogP contribution < -0.4 is 9.47 Å². The largest absolute Gasteiger partial charge is 0.482 e. The van der Waals surface area contributed by atoms with Crippen molar-refractivity contribution in [3.8, 4) is 17.4 Å². The van der Waals surface area contributed by atoms with E-state index in [0.717, 1.165) is 15.4 Å². The number of fused-ring (bicyclic) bond motifs is 1. The molecule has 0 saturated heterocycles. The lowest BCUT2D eigenvalue weighted by Gasteiger charge is -2.07. The molecule has 0 fully saturated rings. The maximum atomic E-state index is 10.5. The lowest BCUT2D eigenvalue weighted by molar-refractivity contribution is -0.139. The van der Waals surface area contributed by atoms with Crippen LogP contribution in [0.15, 0.2) is 59.1 Å². The Bertz CT molecular complexity index is 849. The number of carbonyl (C=O) groups is 1. The van der Waals surface area contributed by atoms with Gasteiger partial charge in [-0.1, -0.05) is 22.0 Å². The third-order valence-electron chi connectivity index (χ3n) is 3.04. The Morgan fingerprint density at radius 2 is 1.74 bits per heavy atom. The average Bonchev–Trinajstić information content (AvgIpc) is 2.54. The maximum Gasteiger partial charge on any atom is 0.341 e. The Kier molecular flexibility index (Phi) is 4.43. The Morgan fingerprint density at radius 3 is 2.48 bits per heavy atom. The first kappa shape index (κ1) is 15.3. The molecule has 23 heavy (non-hydrogen) atoms. The van der Waals surface area contributed by atoms with E-state index in [-0.39, 0.29) is 6.61 Å². The topological polar surface area (TPSA) is 68.7 Å². The Labute approximate surface area is 140 Å². The standard InChI is InChI=1S/C17H12BrNO4/c18-12-3-1-11-2-8-16(19-15(11)9-12)23-14-6-4-13(5-7-14)22-10-17(20)21/h1-9H,10H2,(H,20,21). The van der Waals surface area contributed by atoms with Gasteiger partial charge in [-0.2, -0.15) is 0 Å². The highest BCUT2D eigenvalue weighted by Gasteiger charge is 2.03. The summed E-state index contributed by atoms with van der Waals surface area (Å²) in [6.45, 7) is -0.374. The van der Waals surface area contributed by atoms with Gasteiger partial charge in [0.1, 0.15) is 11.5 Å². The van der Waals surface area contributed by atoms with Crippen LogP contribution in [0.5, 0.6) is 17.4 Å². The van der Waals surface area contributed by atoms with Crippen LogP contribution >= 0.6 is 15.9 Å². The third-order valence-corrected chi connectivity index (χ3v) is 3.53. The van der Waals surface area contributed by atoms with Crippen LogP contribution in [0.25, 0.3) is 10.9 Å². The zero-order chi connectivity index (χ0) is 16.2. The zero-order valence-corrected chi connectivity index (χ0v) is 13.5. The van der Waals surface area contributed by atoms with Gasteiger partial charge in [-0.3, -0.25) is 0 Å². The summed E-state index contributed by atoms with van der Waals surface area (Å²) in [4.78, 5) is 14.9. The molecule has 0 aliphatic carbocycles. The van der Waals surface area contributed by atoms with Crippen LogP contribution in [0, 0.1) is 0 Å².